The van der Waals surface area contributed by atoms with E-state index in [9.17, 15) is 0 Å². The Labute approximate surface area is 99.4 Å². The molecule has 5 heteroatoms. The van der Waals surface area contributed by atoms with Crippen molar-refractivity contribution in [2.24, 2.45) is 0 Å². The van der Waals surface area contributed by atoms with Gasteiger partial charge in [-0.2, -0.15) is 5.10 Å². The van der Waals surface area contributed by atoms with E-state index in [0.717, 1.165) is 37.6 Å². The third-order valence-electron chi connectivity index (χ3n) is 2.82. The number of H-pyrrole nitrogens is 1. The summed E-state index contributed by atoms with van der Waals surface area (Å²) in [5.74, 6) is 0.705. The highest BCUT2D eigenvalue weighted by Gasteiger charge is 2.12. The lowest BCUT2D eigenvalue weighted by atomic mass is 10.1. The summed E-state index contributed by atoms with van der Waals surface area (Å²) in [5, 5.41) is 6.79. The summed E-state index contributed by atoms with van der Waals surface area (Å²) < 4.78 is 5.34. The van der Waals surface area contributed by atoms with Crippen LogP contribution in [0.3, 0.4) is 0 Å². The molecule has 0 atom stereocenters. The average molecular weight is 229 g/mol. The summed E-state index contributed by atoms with van der Waals surface area (Å²) in [7, 11) is 0. The number of hydrogen-bond acceptors (Lipinski definition) is 4. The molecule has 3 rings (SSSR count). The van der Waals surface area contributed by atoms with Crippen LogP contribution in [0, 0.1) is 6.07 Å². The van der Waals surface area contributed by atoms with E-state index in [1.54, 1.807) is 6.33 Å². The van der Waals surface area contributed by atoms with Gasteiger partial charge in [0.25, 0.3) is 0 Å². The lowest BCUT2D eigenvalue weighted by Crippen LogP contribution is -2.36. The minimum absolute atomic E-state index is 0.705. The smallest absolute Gasteiger partial charge is 0.180 e. The standard InChI is InChI=1S/C12H13N4O/c1-2-10(12-13-9-14-15-12)8-11(3-1)16-4-6-17-7-5-16/h2-3,8-9H,4-7H2,(H,13,14,15). The summed E-state index contributed by atoms with van der Waals surface area (Å²) in [4.78, 5) is 6.43. The highest BCUT2D eigenvalue weighted by atomic mass is 16.5. The molecule has 87 valence electrons. The second-order valence-electron chi connectivity index (χ2n) is 3.90. The maximum atomic E-state index is 5.34. The lowest BCUT2D eigenvalue weighted by molar-refractivity contribution is 0.122. The number of nitrogens with one attached hydrogen (secondary N) is 1. The number of ether oxygens (including phenoxy) is 1. The lowest BCUT2D eigenvalue weighted by Gasteiger charge is -2.28. The van der Waals surface area contributed by atoms with Crippen molar-refractivity contribution in [3.05, 3.63) is 30.6 Å². The van der Waals surface area contributed by atoms with Gasteiger partial charge in [0.1, 0.15) is 6.33 Å². The van der Waals surface area contributed by atoms with Crippen molar-refractivity contribution < 1.29 is 4.74 Å². The number of morpholine rings is 1. The minimum atomic E-state index is 0.705. The van der Waals surface area contributed by atoms with Gasteiger partial charge >= 0.3 is 0 Å². The number of aromatic amines is 1. The molecule has 0 aliphatic carbocycles. The Hall–Kier alpha value is -1.88. The van der Waals surface area contributed by atoms with Gasteiger partial charge in [0.2, 0.25) is 0 Å². The quantitative estimate of drug-likeness (QED) is 0.838. The molecular formula is C12H13N4O. The number of benzene rings is 1. The van der Waals surface area contributed by atoms with E-state index in [-0.39, 0.29) is 0 Å². The van der Waals surface area contributed by atoms with Crippen molar-refractivity contribution >= 4 is 5.69 Å². The molecule has 2 heterocycles. The van der Waals surface area contributed by atoms with Crippen molar-refractivity contribution in [2.45, 2.75) is 0 Å². The summed E-state index contributed by atoms with van der Waals surface area (Å²) in [6, 6.07) is 9.11. The number of hydrogen-bond donors (Lipinski definition) is 1. The zero-order valence-electron chi connectivity index (χ0n) is 9.39. The minimum Gasteiger partial charge on any atom is -0.378 e. The van der Waals surface area contributed by atoms with E-state index in [0.29, 0.717) is 5.82 Å². The van der Waals surface area contributed by atoms with E-state index in [4.69, 9.17) is 4.74 Å². The molecular weight excluding hydrogens is 216 g/mol. The van der Waals surface area contributed by atoms with Crippen LogP contribution < -0.4 is 4.90 Å². The fourth-order valence-electron chi connectivity index (χ4n) is 1.94. The third kappa shape index (κ3) is 2.14. The van der Waals surface area contributed by atoms with Crippen molar-refractivity contribution in [3.63, 3.8) is 0 Å². The fourth-order valence-corrected chi connectivity index (χ4v) is 1.94. The van der Waals surface area contributed by atoms with Crippen LogP contribution in [0.15, 0.2) is 24.5 Å². The van der Waals surface area contributed by atoms with Crippen LogP contribution in [0.4, 0.5) is 5.69 Å². The van der Waals surface area contributed by atoms with Crippen LogP contribution in [0.1, 0.15) is 0 Å². The van der Waals surface area contributed by atoms with Crippen LogP contribution in [-0.4, -0.2) is 41.5 Å². The van der Waals surface area contributed by atoms with Gasteiger partial charge < -0.3 is 9.64 Å². The first-order valence-corrected chi connectivity index (χ1v) is 5.63. The molecule has 5 nitrogen and oxygen atoms in total. The number of aromatic nitrogens is 3. The topological polar surface area (TPSA) is 54.0 Å². The van der Waals surface area contributed by atoms with E-state index in [1.807, 2.05) is 12.1 Å². The molecule has 1 aromatic carbocycles. The zero-order valence-corrected chi connectivity index (χ0v) is 9.39. The molecule has 1 aliphatic rings. The first-order chi connectivity index (χ1) is 8.43. The van der Waals surface area contributed by atoms with Gasteiger partial charge in [-0.1, -0.05) is 0 Å². The Balaban J connectivity index is 1.88. The predicted octanol–water partition coefficient (Wildman–Crippen LogP) is 1.11. The highest BCUT2D eigenvalue weighted by Crippen LogP contribution is 2.22. The van der Waals surface area contributed by atoms with Gasteiger partial charge in [0, 0.05) is 24.3 Å². The van der Waals surface area contributed by atoms with Crippen molar-refractivity contribution in [2.75, 3.05) is 31.2 Å². The van der Waals surface area contributed by atoms with E-state index < -0.39 is 0 Å². The van der Waals surface area contributed by atoms with Gasteiger partial charge in [0.15, 0.2) is 5.82 Å². The van der Waals surface area contributed by atoms with Gasteiger partial charge in [-0.25, -0.2) is 4.98 Å². The third-order valence-corrected chi connectivity index (χ3v) is 2.82. The number of nitrogens with zero attached hydrogens (tertiary/aromatic N) is 3. The van der Waals surface area contributed by atoms with E-state index >= 15 is 0 Å². The van der Waals surface area contributed by atoms with Gasteiger partial charge in [0.05, 0.1) is 13.2 Å². The Morgan fingerprint density at radius 3 is 2.94 bits per heavy atom. The molecule has 1 N–H and O–H groups in total. The Morgan fingerprint density at radius 2 is 2.18 bits per heavy atom. The Morgan fingerprint density at radius 1 is 1.29 bits per heavy atom. The predicted molar refractivity (Wildman–Crippen MR) is 63.7 cm³/mol. The number of anilines is 1. The summed E-state index contributed by atoms with van der Waals surface area (Å²) in [6.07, 6.45) is 1.58. The average Bonchev–Trinajstić information content (AvgIpc) is 2.94. The molecule has 1 fully saturated rings. The molecule has 1 saturated heterocycles. The van der Waals surface area contributed by atoms with E-state index in [2.05, 4.69) is 32.2 Å². The van der Waals surface area contributed by atoms with Crippen molar-refractivity contribution in [1.82, 2.24) is 15.2 Å². The molecule has 2 aromatic rings. The monoisotopic (exact) mass is 229 g/mol. The number of rotatable bonds is 2. The van der Waals surface area contributed by atoms with Crippen LogP contribution in [-0.2, 0) is 4.74 Å². The molecule has 0 saturated carbocycles. The van der Waals surface area contributed by atoms with Crippen LogP contribution in [0.5, 0.6) is 0 Å². The van der Waals surface area contributed by atoms with Crippen LogP contribution >= 0.6 is 0 Å². The maximum absolute atomic E-state index is 5.34. The Kier molecular flexibility index (Phi) is 2.75. The molecule has 1 aromatic heterocycles. The van der Waals surface area contributed by atoms with Gasteiger partial charge in [-0.3, -0.25) is 5.10 Å². The fraction of sp³-hybridized carbons (Fsp3) is 0.333. The Bertz CT molecular complexity index is 477. The second kappa shape index (κ2) is 4.55. The van der Waals surface area contributed by atoms with Crippen LogP contribution in [0.2, 0.25) is 0 Å². The van der Waals surface area contributed by atoms with Crippen molar-refractivity contribution in [3.8, 4) is 11.4 Å². The van der Waals surface area contributed by atoms with Gasteiger partial charge in [-0.15, -0.1) is 0 Å². The molecule has 0 bridgehead atoms. The SMILES string of the molecule is [c]1cc(-c2nc[nH]n2)cc(N2CCOCC2)c1. The maximum Gasteiger partial charge on any atom is 0.180 e. The zero-order chi connectivity index (χ0) is 11.5. The highest BCUT2D eigenvalue weighted by molar-refractivity contribution is 5.62. The normalized spacial score (nSPS) is 16.1. The largest absolute Gasteiger partial charge is 0.378 e. The summed E-state index contributed by atoms with van der Waals surface area (Å²) in [5.41, 5.74) is 2.13. The molecule has 17 heavy (non-hydrogen) atoms. The van der Waals surface area contributed by atoms with E-state index in [1.165, 1.54) is 0 Å². The second-order valence-corrected chi connectivity index (χ2v) is 3.90. The molecule has 0 spiro atoms. The molecule has 1 radical (unpaired) electrons. The first-order valence-electron chi connectivity index (χ1n) is 5.63. The molecule has 1 aliphatic heterocycles. The summed E-state index contributed by atoms with van der Waals surface area (Å²) in [6.45, 7) is 3.41. The first kappa shape index (κ1) is 10.3. The van der Waals surface area contributed by atoms with Crippen LogP contribution in [0.25, 0.3) is 11.4 Å². The van der Waals surface area contributed by atoms with Gasteiger partial charge in [-0.05, 0) is 24.3 Å². The molecule has 0 unspecified atom stereocenters. The van der Waals surface area contributed by atoms with Crippen molar-refractivity contribution in [1.29, 1.82) is 0 Å². The summed E-state index contributed by atoms with van der Waals surface area (Å²) >= 11 is 0. The molecule has 0 amide bonds.